The number of rotatable bonds is 9. The molecule has 1 aromatic heterocycles. The molecule has 2 heterocycles. The molecular formula is C27H29N3O6. The summed E-state index contributed by atoms with van der Waals surface area (Å²) in [5.74, 6) is 0.706. The second-order valence-electron chi connectivity index (χ2n) is 9.16. The predicted octanol–water partition coefficient (Wildman–Crippen LogP) is 3.86. The van der Waals surface area contributed by atoms with Crippen LogP contribution in [0.5, 0.6) is 11.5 Å². The third-order valence-corrected chi connectivity index (χ3v) is 5.67. The van der Waals surface area contributed by atoms with Gasteiger partial charge in [-0.1, -0.05) is 26.0 Å². The Balaban J connectivity index is 1.49. The maximum Gasteiger partial charge on any atom is 0.273 e. The van der Waals surface area contributed by atoms with Crippen LogP contribution in [-0.4, -0.2) is 42.3 Å². The predicted molar refractivity (Wildman–Crippen MR) is 133 cm³/mol. The number of anilines is 1. The summed E-state index contributed by atoms with van der Waals surface area (Å²) in [6, 6.07) is 10.7. The number of Topliss-reactive ketones (excluding diaryl/α,β-unsaturated/α-hetero) is 1. The van der Waals surface area contributed by atoms with E-state index in [1.165, 1.54) is 11.2 Å². The Morgan fingerprint density at radius 3 is 2.75 bits per heavy atom. The zero-order valence-electron chi connectivity index (χ0n) is 20.8. The van der Waals surface area contributed by atoms with Crippen molar-refractivity contribution >= 4 is 23.3 Å². The van der Waals surface area contributed by atoms with Gasteiger partial charge in [-0.25, -0.2) is 4.98 Å². The molecular weight excluding hydrogens is 462 g/mol. The zero-order valence-corrected chi connectivity index (χ0v) is 20.8. The molecule has 1 N–H and O–H groups in total. The molecule has 188 valence electrons. The first-order valence-electron chi connectivity index (χ1n) is 11.7. The Kier molecular flexibility index (Phi) is 7.38. The summed E-state index contributed by atoms with van der Waals surface area (Å²) in [4.78, 5) is 43.5. The van der Waals surface area contributed by atoms with E-state index < -0.39 is 0 Å². The molecule has 2 aromatic carbocycles. The van der Waals surface area contributed by atoms with E-state index in [4.69, 9.17) is 13.9 Å². The molecule has 36 heavy (non-hydrogen) atoms. The lowest BCUT2D eigenvalue weighted by atomic mass is 10.1. The normalized spacial score (nSPS) is 12.8. The number of carbonyl (C=O) groups excluding carboxylic acids is 3. The Morgan fingerprint density at radius 2 is 1.97 bits per heavy atom. The van der Waals surface area contributed by atoms with Gasteiger partial charge in [-0.15, -0.1) is 0 Å². The van der Waals surface area contributed by atoms with Crippen LogP contribution in [-0.2, 0) is 11.3 Å². The number of fused-ring (bicyclic) bond motifs is 1. The maximum atomic E-state index is 12.9. The summed E-state index contributed by atoms with van der Waals surface area (Å²) >= 11 is 0. The van der Waals surface area contributed by atoms with Gasteiger partial charge in [-0.3, -0.25) is 19.3 Å². The lowest BCUT2D eigenvalue weighted by molar-refractivity contribution is -0.121. The van der Waals surface area contributed by atoms with Crippen molar-refractivity contribution in [2.24, 2.45) is 5.92 Å². The van der Waals surface area contributed by atoms with Crippen LogP contribution in [0.15, 0.2) is 47.1 Å². The lowest BCUT2D eigenvalue weighted by Crippen LogP contribution is -2.38. The van der Waals surface area contributed by atoms with E-state index in [1.807, 2.05) is 45.9 Å². The number of oxazole rings is 1. The average Bonchev–Trinajstić information content (AvgIpc) is 3.33. The highest BCUT2D eigenvalue weighted by Crippen LogP contribution is 2.34. The molecule has 1 aliphatic heterocycles. The summed E-state index contributed by atoms with van der Waals surface area (Å²) in [6.45, 7) is 8.06. The highest BCUT2D eigenvalue weighted by molar-refractivity contribution is 6.02. The number of aryl methyl sites for hydroxylation is 2. The molecule has 0 saturated carbocycles. The van der Waals surface area contributed by atoms with E-state index in [1.54, 1.807) is 18.2 Å². The molecule has 0 fully saturated rings. The van der Waals surface area contributed by atoms with E-state index >= 15 is 0 Å². The van der Waals surface area contributed by atoms with Crippen LogP contribution in [0.4, 0.5) is 5.69 Å². The molecule has 0 aliphatic carbocycles. The summed E-state index contributed by atoms with van der Waals surface area (Å²) in [6.07, 6.45) is 1.27. The zero-order chi connectivity index (χ0) is 25.8. The molecule has 0 saturated heterocycles. The number of hydrogen-bond donors (Lipinski definition) is 1. The van der Waals surface area contributed by atoms with Crippen LogP contribution in [0.1, 0.15) is 51.7 Å². The molecule has 0 spiro atoms. The Hall–Kier alpha value is -4.14. The van der Waals surface area contributed by atoms with Gasteiger partial charge in [-0.2, -0.15) is 0 Å². The van der Waals surface area contributed by atoms with Crippen molar-refractivity contribution < 1.29 is 28.3 Å². The molecule has 9 nitrogen and oxygen atoms in total. The summed E-state index contributed by atoms with van der Waals surface area (Å²) in [5.41, 5.74) is 2.91. The maximum absolute atomic E-state index is 12.9. The van der Waals surface area contributed by atoms with Crippen molar-refractivity contribution in [3.05, 3.63) is 70.9 Å². The van der Waals surface area contributed by atoms with Gasteiger partial charge < -0.3 is 19.2 Å². The third-order valence-electron chi connectivity index (χ3n) is 5.67. The van der Waals surface area contributed by atoms with E-state index in [2.05, 4.69) is 10.3 Å². The number of benzene rings is 2. The average molecular weight is 492 g/mol. The van der Waals surface area contributed by atoms with Crippen molar-refractivity contribution in [3.63, 3.8) is 0 Å². The molecule has 2 amide bonds. The van der Waals surface area contributed by atoms with Gasteiger partial charge in [0, 0.05) is 12.1 Å². The third kappa shape index (κ3) is 5.73. The number of ether oxygens (including phenoxy) is 2. The summed E-state index contributed by atoms with van der Waals surface area (Å²) in [7, 11) is 0. The number of hydrogen-bond acceptors (Lipinski definition) is 7. The van der Waals surface area contributed by atoms with Crippen molar-refractivity contribution in [2.45, 2.75) is 34.2 Å². The van der Waals surface area contributed by atoms with E-state index in [0.29, 0.717) is 35.2 Å². The smallest absolute Gasteiger partial charge is 0.273 e. The monoisotopic (exact) mass is 491 g/mol. The van der Waals surface area contributed by atoms with Crippen molar-refractivity contribution in [2.75, 3.05) is 24.7 Å². The first-order valence-corrected chi connectivity index (χ1v) is 11.7. The highest BCUT2D eigenvalue weighted by Gasteiger charge is 2.28. The highest BCUT2D eigenvalue weighted by atomic mass is 16.5. The largest absolute Gasteiger partial charge is 0.485 e. The fourth-order valence-electron chi connectivity index (χ4n) is 3.65. The molecule has 9 heteroatoms. The number of nitrogens with zero attached hydrogens (tertiary/aromatic N) is 2. The first kappa shape index (κ1) is 25.0. The van der Waals surface area contributed by atoms with Crippen LogP contribution < -0.4 is 19.7 Å². The quantitative estimate of drug-likeness (QED) is 0.453. The van der Waals surface area contributed by atoms with Gasteiger partial charge in [0.15, 0.2) is 24.7 Å². The fraction of sp³-hybridized carbons (Fsp3) is 0.333. The Bertz CT molecular complexity index is 1300. The van der Waals surface area contributed by atoms with Gasteiger partial charge in [0.2, 0.25) is 5.89 Å². The van der Waals surface area contributed by atoms with Gasteiger partial charge in [0.05, 0.1) is 5.69 Å². The Morgan fingerprint density at radius 1 is 1.17 bits per heavy atom. The van der Waals surface area contributed by atoms with Crippen molar-refractivity contribution in [1.29, 1.82) is 0 Å². The van der Waals surface area contributed by atoms with Crippen LogP contribution in [0.3, 0.4) is 0 Å². The minimum Gasteiger partial charge on any atom is -0.485 e. The van der Waals surface area contributed by atoms with Gasteiger partial charge in [0.1, 0.15) is 24.3 Å². The molecule has 0 radical (unpaired) electrons. The minimum atomic E-state index is -0.343. The fourth-order valence-corrected chi connectivity index (χ4v) is 3.65. The van der Waals surface area contributed by atoms with Gasteiger partial charge in [-0.05, 0) is 55.2 Å². The van der Waals surface area contributed by atoms with E-state index in [0.717, 1.165) is 11.1 Å². The molecule has 0 atom stereocenters. The lowest BCUT2D eigenvalue weighted by Gasteiger charge is -2.28. The molecule has 4 rings (SSSR count). The molecule has 3 aromatic rings. The van der Waals surface area contributed by atoms with Gasteiger partial charge >= 0.3 is 0 Å². The van der Waals surface area contributed by atoms with Crippen LogP contribution in [0, 0.1) is 19.8 Å². The number of amides is 2. The van der Waals surface area contributed by atoms with E-state index in [-0.39, 0.29) is 48.9 Å². The number of aromatic nitrogens is 1. The second kappa shape index (κ2) is 10.6. The van der Waals surface area contributed by atoms with Crippen LogP contribution in [0.25, 0.3) is 0 Å². The van der Waals surface area contributed by atoms with Crippen molar-refractivity contribution in [1.82, 2.24) is 10.3 Å². The first-order chi connectivity index (χ1) is 17.2. The number of nitrogens with one attached hydrogen (secondary N) is 1. The topological polar surface area (TPSA) is 111 Å². The van der Waals surface area contributed by atoms with Crippen LogP contribution in [0.2, 0.25) is 0 Å². The van der Waals surface area contributed by atoms with Gasteiger partial charge in [0.25, 0.3) is 11.8 Å². The number of ketones is 1. The SMILES string of the molecule is Cc1ccc(C)c(OCC(=O)c2ccc3c(c2)N(Cc2nc(C(=O)NCC(C)C)co2)C(=O)CO3)c1. The van der Waals surface area contributed by atoms with E-state index in [9.17, 15) is 14.4 Å². The standard InChI is InChI=1S/C27H29N3O6/c1-16(2)11-28-27(33)20-13-36-25(29-20)12-30-21-10-19(7-8-23(21)35-15-26(30)32)22(31)14-34-24-9-17(3)5-6-18(24)4/h5-10,13,16H,11-12,14-15H2,1-4H3,(H,28,33). The Labute approximate surface area is 209 Å². The second-order valence-corrected chi connectivity index (χ2v) is 9.16. The molecule has 0 unspecified atom stereocenters. The molecule has 1 aliphatic rings. The summed E-state index contributed by atoms with van der Waals surface area (Å²) in [5, 5.41) is 2.78. The number of carbonyl (C=O) groups is 3. The summed E-state index contributed by atoms with van der Waals surface area (Å²) < 4.78 is 16.8. The molecule has 0 bridgehead atoms. The van der Waals surface area contributed by atoms with Crippen LogP contribution >= 0.6 is 0 Å². The van der Waals surface area contributed by atoms with Crippen molar-refractivity contribution in [3.8, 4) is 11.5 Å². The minimum absolute atomic E-state index is 0.0106.